The summed E-state index contributed by atoms with van der Waals surface area (Å²) in [4.78, 5) is 13.8. The number of ether oxygens (including phenoxy) is 6. The SMILES string of the molecule is CC[Si](CC)(CC)O[C@H](C[C@]1(CO)CO1)[C@H]1O[C@@](C)([C@@H](O[Si](OC(C)(C)C)(c2ccccc2)c2ccccc2)[C@@H]2CC[C@]3(CCC[C@@H]([C@@H](C)C(=O)Nc4ccccc4)O3)O2)C[C@H]1OCc1ccc(OC)cc1. The molecule has 0 radical (unpaired) electrons. The zero-order valence-electron chi connectivity index (χ0n) is 44.2. The van der Waals surface area contributed by atoms with Crippen LogP contribution in [-0.2, 0) is 48.4 Å². The molecule has 0 aromatic heterocycles. The second kappa shape index (κ2) is 23.0. The van der Waals surface area contributed by atoms with Crippen molar-refractivity contribution in [3.05, 3.63) is 121 Å². The van der Waals surface area contributed by atoms with Crippen LogP contribution in [0.4, 0.5) is 5.69 Å². The van der Waals surface area contributed by atoms with E-state index in [1.54, 1.807) is 7.11 Å². The number of carbonyl (C=O) groups is 1. The highest BCUT2D eigenvalue weighted by atomic mass is 28.4. The molecule has 0 bridgehead atoms. The normalized spacial score (nSPS) is 27.9. The van der Waals surface area contributed by atoms with Crippen LogP contribution < -0.4 is 20.4 Å². The van der Waals surface area contributed by atoms with E-state index in [-0.39, 0.29) is 18.6 Å². The van der Waals surface area contributed by atoms with Crippen LogP contribution in [0.3, 0.4) is 0 Å². The van der Waals surface area contributed by atoms with Crippen LogP contribution in [0.5, 0.6) is 5.75 Å². The number of hydrogen-bond donors (Lipinski definition) is 2. The van der Waals surface area contributed by atoms with Gasteiger partial charge in [0.05, 0.1) is 68.5 Å². The van der Waals surface area contributed by atoms with Crippen LogP contribution in [0.15, 0.2) is 115 Å². The van der Waals surface area contributed by atoms with Crippen molar-refractivity contribution < 1.29 is 51.6 Å². The largest absolute Gasteiger partial charge is 0.497 e. The molecule has 8 rings (SSSR count). The molecule has 4 fully saturated rings. The van der Waals surface area contributed by atoms with E-state index in [0.717, 1.165) is 58.3 Å². The lowest BCUT2D eigenvalue weighted by atomic mass is 9.88. The number of epoxide rings is 1. The van der Waals surface area contributed by atoms with E-state index in [2.05, 4.69) is 78.0 Å². The highest BCUT2D eigenvalue weighted by Gasteiger charge is 2.62. The highest BCUT2D eigenvalue weighted by Crippen LogP contribution is 2.50. The average Bonchev–Trinajstić information content (AvgIpc) is 3.94. The number of aliphatic hydroxyl groups excluding tert-OH is 1. The van der Waals surface area contributed by atoms with Crippen LogP contribution in [0.25, 0.3) is 0 Å². The first-order chi connectivity index (χ1) is 34.5. The van der Waals surface area contributed by atoms with Gasteiger partial charge in [0, 0.05) is 31.4 Å². The Labute approximate surface area is 431 Å². The third kappa shape index (κ3) is 12.5. The predicted molar refractivity (Wildman–Crippen MR) is 285 cm³/mol. The molecule has 0 saturated carbocycles. The molecule has 0 unspecified atom stereocenters. The summed E-state index contributed by atoms with van der Waals surface area (Å²) in [5.74, 6) is -0.680. The number of nitrogens with one attached hydrogen (secondary N) is 1. The van der Waals surface area contributed by atoms with Crippen LogP contribution in [-0.4, -0.2) is 107 Å². The zero-order valence-corrected chi connectivity index (χ0v) is 46.2. The van der Waals surface area contributed by atoms with Crippen LogP contribution in [0.2, 0.25) is 18.1 Å². The third-order valence-corrected chi connectivity index (χ3v) is 24.0. The number of rotatable bonds is 23. The summed E-state index contributed by atoms with van der Waals surface area (Å²) in [6, 6.07) is 41.1. The maximum Gasteiger partial charge on any atom is 0.407 e. The van der Waals surface area contributed by atoms with Gasteiger partial charge in [0.1, 0.15) is 23.6 Å². The standard InChI is InChI=1S/C58H81NO11Si2/c1-10-71(11-2,12-3)68-51(38-57(40-60)41-64-57)52-50(63-39-43-30-32-45(62-9)33-31-43)37-56(8,67-52)53(69-72(70-55(5,6)7,46-25-18-14-19-26-46)47-27-20-15-21-28-47)49-34-36-58(66-49)35-22-29-48(65-58)42(4)54(61)59-44-23-16-13-17-24-44/h13-21,23-28,30-33,42,48-53,60H,10-12,22,29,34-41H2,1-9H3,(H,59,61)/t42-,48+,49+,50-,51-,52+,53+,56-,57+,58+/m1/s1. The Morgan fingerprint density at radius 3 is 1.96 bits per heavy atom. The van der Waals surface area contributed by atoms with E-state index >= 15 is 0 Å². The molecule has 10 atom stereocenters. The summed E-state index contributed by atoms with van der Waals surface area (Å²) in [5.41, 5.74) is -0.633. The van der Waals surface area contributed by atoms with Gasteiger partial charge in [0.25, 0.3) is 0 Å². The maximum absolute atomic E-state index is 13.8. The number of aliphatic hydroxyl groups is 1. The predicted octanol–water partition coefficient (Wildman–Crippen LogP) is 9.85. The van der Waals surface area contributed by atoms with Crippen LogP contribution >= 0.6 is 0 Å². The summed E-state index contributed by atoms with van der Waals surface area (Å²) in [5, 5.41) is 15.8. The number of benzene rings is 4. The highest BCUT2D eigenvalue weighted by molar-refractivity contribution is 6.92. The fourth-order valence-electron chi connectivity index (χ4n) is 11.3. The van der Waals surface area contributed by atoms with Gasteiger partial charge >= 0.3 is 8.56 Å². The summed E-state index contributed by atoms with van der Waals surface area (Å²) >= 11 is 0. The molecule has 2 N–H and O–H groups in total. The monoisotopic (exact) mass is 1020 g/mol. The van der Waals surface area contributed by atoms with Gasteiger partial charge in [-0.1, -0.05) is 119 Å². The second-order valence-electron chi connectivity index (χ2n) is 21.9. The van der Waals surface area contributed by atoms with Crippen molar-refractivity contribution in [2.45, 2.75) is 184 Å². The molecule has 4 aromatic rings. The minimum atomic E-state index is -3.70. The van der Waals surface area contributed by atoms with Crippen molar-refractivity contribution in [1.29, 1.82) is 0 Å². The van der Waals surface area contributed by atoms with Gasteiger partial charge < -0.3 is 52.1 Å². The van der Waals surface area contributed by atoms with E-state index in [0.29, 0.717) is 45.3 Å². The van der Waals surface area contributed by atoms with E-state index in [9.17, 15) is 9.90 Å². The van der Waals surface area contributed by atoms with Gasteiger partial charge in [0.2, 0.25) is 5.91 Å². The topological polar surface area (TPSA) is 136 Å². The minimum absolute atomic E-state index is 0.0870. The third-order valence-electron chi connectivity index (χ3n) is 15.7. The number of carbonyl (C=O) groups excluding carboxylic acids is 1. The van der Waals surface area contributed by atoms with Gasteiger partial charge in [-0.3, -0.25) is 4.79 Å². The molecule has 72 heavy (non-hydrogen) atoms. The molecule has 4 aliphatic rings. The Morgan fingerprint density at radius 2 is 1.40 bits per heavy atom. The number of hydrogen-bond acceptors (Lipinski definition) is 11. The lowest BCUT2D eigenvalue weighted by Gasteiger charge is -2.46. The Morgan fingerprint density at radius 1 is 0.806 bits per heavy atom. The molecule has 4 heterocycles. The van der Waals surface area contributed by atoms with Gasteiger partial charge in [-0.2, -0.15) is 0 Å². The van der Waals surface area contributed by atoms with Crippen molar-refractivity contribution in [1.82, 2.24) is 0 Å². The van der Waals surface area contributed by atoms with Gasteiger partial charge in [0.15, 0.2) is 14.1 Å². The van der Waals surface area contributed by atoms with Gasteiger partial charge in [-0.15, -0.1) is 0 Å². The Bertz CT molecular complexity index is 2280. The summed E-state index contributed by atoms with van der Waals surface area (Å²) in [6.07, 6.45) is 1.34. The molecule has 4 saturated heterocycles. The lowest BCUT2D eigenvalue weighted by molar-refractivity contribution is -0.290. The fraction of sp³-hybridized carbons (Fsp3) is 0.569. The Hall–Kier alpha value is -3.78. The van der Waals surface area contributed by atoms with Gasteiger partial charge in [-0.05, 0) is 105 Å². The number of methoxy groups -OCH3 is 1. The first-order valence-corrected chi connectivity index (χ1v) is 30.9. The first-order valence-electron chi connectivity index (χ1n) is 26.6. The van der Waals surface area contributed by atoms with Crippen molar-refractivity contribution in [3.8, 4) is 5.75 Å². The molecule has 0 aliphatic carbocycles. The molecule has 4 aromatic carbocycles. The van der Waals surface area contributed by atoms with Crippen LogP contribution in [0.1, 0.15) is 106 Å². The zero-order chi connectivity index (χ0) is 51.2. The smallest absolute Gasteiger partial charge is 0.407 e. The van der Waals surface area contributed by atoms with E-state index < -0.39 is 75.9 Å². The Balaban J connectivity index is 1.21. The molecule has 392 valence electrons. The second-order valence-corrected chi connectivity index (χ2v) is 29.5. The van der Waals surface area contributed by atoms with Crippen molar-refractivity contribution in [2.24, 2.45) is 5.92 Å². The summed E-state index contributed by atoms with van der Waals surface area (Å²) in [6.45, 7) is 17.7. The quantitative estimate of drug-likeness (QED) is 0.0543. The number of anilines is 1. The van der Waals surface area contributed by atoms with Crippen molar-refractivity contribution in [2.75, 3.05) is 25.6 Å². The van der Waals surface area contributed by atoms with E-state index in [1.165, 1.54) is 0 Å². The van der Waals surface area contributed by atoms with Gasteiger partial charge in [-0.25, -0.2) is 0 Å². The minimum Gasteiger partial charge on any atom is -0.497 e. The molecule has 12 nitrogen and oxygen atoms in total. The van der Waals surface area contributed by atoms with E-state index in [1.807, 2.05) is 97.9 Å². The lowest BCUT2D eigenvalue weighted by Crippen LogP contribution is -2.70. The summed E-state index contributed by atoms with van der Waals surface area (Å²) in [7, 11) is -4.32. The number of para-hydroxylation sites is 1. The Kier molecular flexibility index (Phi) is 17.4. The first kappa shape index (κ1) is 54.5. The molecule has 14 heteroatoms. The summed E-state index contributed by atoms with van der Waals surface area (Å²) < 4.78 is 64.1. The maximum atomic E-state index is 13.8. The molecule has 4 aliphatic heterocycles. The fourth-order valence-corrected chi connectivity index (χ4v) is 17.9. The van der Waals surface area contributed by atoms with Crippen molar-refractivity contribution >= 4 is 38.8 Å². The van der Waals surface area contributed by atoms with Crippen molar-refractivity contribution in [3.63, 3.8) is 0 Å². The molecule has 1 amide bonds. The average molecular weight is 1020 g/mol. The number of amides is 1. The molecular weight excluding hydrogens is 943 g/mol. The molecule has 1 spiro atoms. The van der Waals surface area contributed by atoms with E-state index in [4.69, 9.17) is 41.7 Å². The van der Waals surface area contributed by atoms with Crippen LogP contribution in [0, 0.1) is 5.92 Å². The molecular formula is C58H81NO11Si2.